The van der Waals surface area contributed by atoms with E-state index in [1.54, 1.807) is 7.11 Å². The summed E-state index contributed by atoms with van der Waals surface area (Å²) in [5.74, 6) is 2.52. The summed E-state index contributed by atoms with van der Waals surface area (Å²) < 4.78 is 17.4. The summed E-state index contributed by atoms with van der Waals surface area (Å²) in [6, 6.07) is 8.28. The molecule has 3 saturated heterocycles. The van der Waals surface area contributed by atoms with Crippen molar-refractivity contribution >= 4 is 35.6 Å². The molecule has 31 heavy (non-hydrogen) atoms. The monoisotopic (exact) mass is 544 g/mol. The van der Waals surface area contributed by atoms with E-state index in [0.29, 0.717) is 5.92 Å². The molecule has 0 aliphatic carbocycles. The van der Waals surface area contributed by atoms with Crippen LogP contribution in [0, 0.1) is 5.92 Å². The van der Waals surface area contributed by atoms with Crippen LogP contribution in [0.4, 0.5) is 5.69 Å². The van der Waals surface area contributed by atoms with Crippen LogP contribution in [0.3, 0.4) is 0 Å². The lowest BCUT2D eigenvalue weighted by atomic mass is 10.1. The molecule has 1 N–H and O–H groups in total. The summed E-state index contributed by atoms with van der Waals surface area (Å²) in [6.45, 7) is 9.26. The molecule has 0 amide bonds. The predicted octanol–water partition coefficient (Wildman–Crippen LogP) is 2.98. The highest BCUT2D eigenvalue weighted by Crippen LogP contribution is 2.32. The van der Waals surface area contributed by atoms with Gasteiger partial charge in [-0.05, 0) is 44.2 Å². The number of aliphatic imine (C=N–C) groups is 1. The van der Waals surface area contributed by atoms with Gasteiger partial charge in [-0.2, -0.15) is 0 Å². The molecule has 1 aromatic carbocycles. The van der Waals surface area contributed by atoms with E-state index < -0.39 is 0 Å². The Morgan fingerprint density at radius 2 is 1.97 bits per heavy atom. The van der Waals surface area contributed by atoms with Crippen molar-refractivity contribution in [1.82, 2.24) is 10.2 Å². The minimum Gasteiger partial charge on any atom is -0.495 e. The smallest absolute Gasteiger partial charge is 0.194 e. The highest BCUT2D eigenvalue weighted by atomic mass is 127. The van der Waals surface area contributed by atoms with Crippen LogP contribution < -0.4 is 15.0 Å². The van der Waals surface area contributed by atoms with Gasteiger partial charge in [0.05, 0.1) is 25.5 Å². The Balaban J connectivity index is 0.00000272. The second-order valence-corrected chi connectivity index (χ2v) is 8.37. The molecule has 4 rings (SSSR count). The number of rotatable bonds is 6. The highest BCUT2D eigenvalue weighted by Gasteiger charge is 2.32. The molecular weight excluding hydrogens is 507 g/mol. The van der Waals surface area contributed by atoms with Gasteiger partial charge in [-0.1, -0.05) is 12.1 Å². The van der Waals surface area contributed by atoms with Gasteiger partial charge in [-0.25, -0.2) is 0 Å². The third kappa shape index (κ3) is 6.16. The Morgan fingerprint density at radius 1 is 1.13 bits per heavy atom. The fourth-order valence-corrected chi connectivity index (χ4v) is 4.72. The Kier molecular flexibility index (Phi) is 9.52. The van der Waals surface area contributed by atoms with Crippen LogP contribution >= 0.6 is 24.0 Å². The van der Waals surface area contributed by atoms with Crippen molar-refractivity contribution in [1.29, 1.82) is 0 Å². The molecule has 0 aromatic heterocycles. The number of para-hydroxylation sites is 2. The molecule has 3 unspecified atom stereocenters. The number of morpholine rings is 1. The third-order valence-electron chi connectivity index (χ3n) is 6.32. The number of hydrogen-bond acceptors (Lipinski definition) is 5. The van der Waals surface area contributed by atoms with Gasteiger partial charge in [-0.15, -0.1) is 24.0 Å². The number of nitrogens with zero attached hydrogens (tertiary/aromatic N) is 3. The standard InChI is InChI=1S/C23H36N4O3.HI/c1-3-24-23(27-12-14-30-22(17-27)21-9-6-13-29-21)25-15-18-10-11-26(16-18)19-7-4-5-8-20(19)28-2;/h4-5,7-8,18,21-22H,3,6,9-17H2,1-2H3,(H,24,25);1H. The number of guanidine groups is 1. The van der Waals surface area contributed by atoms with Gasteiger partial charge < -0.3 is 29.3 Å². The predicted molar refractivity (Wildman–Crippen MR) is 135 cm³/mol. The molecule has 1 aromatic rings. The van der Waals surface area contributed by atoms with Crippen LogP contribution in [0.1, 0.15) is 26.2 Å². The first-order valence-electron chi connectivity index (χ1n) is 11.4. The molecule has 3 fully saturated rings. The zero-order valence-electron chi connectivity index (χ0n) is 18.8. The van der Waals surface area contributed by atoms with Gasteiger partial charge in [0.1, 0.15) is 11.9 Å². The fourth-order valence-electron chi connectivity index (χ4n) is 4.72. The Labute approximate surface area is 203 Å². The molecule has 0 radical (unpaired) electrons. The molecule has 0 spiro atoms. The largest absolute Gasteiger partial charge is 0.495 e. The zero-order chi connectivity index (χ0) is 20.8. The number of methoxy groups -OCH3 is 1. The van der Waals surface area contributed by atoms with Gasteiger partial charge in [0.15, 0.2) is 5.96 Å². The van der Waals surface area contributed by atoms with Crippen LogP contribution in [0.2, 0.25) is 0 Å². The molecule has 0 saturated carbocycles. The van der Waals surface area contributed by atoms with Crippen molar-refractivity contribution in [3.63, 3.8) is 0 Å². The summed E-state index contributed by atoms with van der Waals surface area (Å²) in [5.41, 5.74) is 1.19. The van der Waals surface area contributed by atoms with E-state index in [1.807, 2.05) is 12.1 Å². The van der Waals surface area contributed by atoms with Gasteiger partial charge >= 0.3 is 0 Å². The number of halogens is 1. The summed E-state index contributed by atoms with van der Waals surface area (Å²) in [6.07, 6.45) is 3.79. The molecule has 3 aliphatic heterocycles. The van der Waals surface area contributed by atoms with E-state index in [9.17, 15) is 0 Å². The summed E-state index contributed by atoms with van der Waals surface area (Å²) in [7, 11) is 1.74. The topological polar surface area (TPSA) is 58.6 Å². The van der Waals surface area contributed by atoms with E-state index in [2.05, 4.69) is 34.2 Å². The SMILES string of the molecule is CCNC(=NCC1CCN(c2ccccc2OC)C1)N1CCOC(C2CCCO2)C1.I. The second kappa shape index (κ2) is 12.1. The molecule has 3 aliphatic rings. The number of hydrogen-bond donors (Lipinski definition) is 1. The van der Waals surface area contributed by atoms with Gasteiger partial charge in [-0.3, -0.25) is 4.99 Å². The lowest BCUT2D eigenvalue weighted by molar-refractivity contribution is -0.0817. The Hall–Kier alpha value is -1.26. The maximum Gasteiger partial charge on any atom is 0.194 e. The minimum atomic E-state index is 0. The first-order chi connectivity index (χ1) is 14.8. The van der Waals surface area contributed by atoms with Crippen molar-refractivity contribution < 1.29 is 14.2 Å². The summed E-state index contributed by atoms with van der Waals surface area (Å²) in [5, 5.41) is 3.49. The first-order valence-corrected chi connectivity index (χ1v) is 11.4. The fraction of sp³-hybridized carbons (Fsp3) is 0.696. The van der Waals surface area contributed by atoms with Gasteiger partial charge in [0.2, 0.25) is 0 Å². The molecule has 174 valence electrons. The lowest BCUT2D eigenvalue weighted by Gasteiger charge is -2.37. The average molecular weight is 544 g/mol. The maximum atomic E-state index is 6.02. The molecule has 0 bridgehead atoms. The maximum absolute atomic E-state index is 6.02. The number of ether oxygens (including phenoxy) is 3. The van der Waals surface area contributed by atoms with E-state index in [-0.39, 0.29) is 36.2 Å². The molecule has 8 heteroatoms. The van der Waals surface area contributed by atoms with Crippen molar-refractivity contribution in [2.75, 3.05) is 64.5 Å². The van der Waals surface area contributed by atoms with Crippen LogP contribution in [0.5, 0.6) is 5.75 Å². The number of anilines is 1. The molecule has 7 nitrogen and oxygen atoms in total. The zero-order valence-corrected chi connectivity index (χ0v) is 21.1. The summed E-state index contributed by atoms with van der Waals surface area (Å²) in [4.78, 5) is 9.81. The summed E-state index contributed by atoms with van der Waals surface area (Å²) >= 11 is 0. The van der Waals surface area contributed by atoms with Crippen molar-refractivity contribution in [3.05, 3.63) is 24.3 Å². The van der Waals surface area contributed by atoms with E-state index >= 15 is 0 Å². The average Bonchev–Trinajstić information content (AvgIpc) is 3.49. The minimum absolute atomic E-state index is 0. The van der Waals surface area contributed by atoms with Crippen molar-refractivity contribution in [2.45, 2.75) is 38.4 Å². The normalized spacial score (nSPS) is 26.6. The number of nitrogens with one attached hydrogen (secondary N) is 1. The van der Waals surface area contributed by atoms with Crippen LogP contribution in [-0.4, -0.2) is 82.7 Å². The van der Waals surface area contributed by atoms with Crippen LogP contribution in [-0.2, 0) is 9.47 Å². The quantitative estimate of drug-likeness (QED) is 0.338. The number of benzene rings is 1. The first kappa shape index (κ1) is 24.4. The van der Waals surface area contributed by atoms with Crippen LogP contribution in [0.25, 0.3) is 0 Å². The van der Waals surface area contributed by atoms with Gasteiger partial charge in [0, 0.05) is 45.9 Å². The third-order valence-corrected chi connectivity index (χ3v) is 6.32. The second-order valence-electron chi connectivity index (χ2n) is 8.37. The molecular formula is C23H37IN4O3. The Morgan fingerprint density at radius 3 is 2.74 bits per heavy atom. The lowest BCUT2D eigenvalue weighted by Crippen LogP contribution is -2.53. The highest BCUT2D eigenvalue weighted by molar-refractivity contribution is 14.0. The van der Waals surface area contributed by atoms with E-state index in [1.165, 1.54) is 5.69 Å². The van der Waals surface area contributed by atoms with E-state index in [4.69, 9.17) is 19.2 Å². The van der Waals surface area contributed by atoms with Crippen LogP contribution in [0.15, 0.2) is 29.3 Å². The van der Waals surface area contributed by atoms with Gasteiger partial charge in [0.25, 0.3) is 0 Å². The van der Waals surface area contributed by atoms with E-state index in [0.717, 1.165) is 83.5 Å². The molecule has 3 heterocycles. The Bertz CT molecular complexity index is 714. The molecule has 3 atom stereocenters. The van der Waals surface area contributed by atoms with Crippen molar-refractivity contribution in [3.8, 4) is 5.75 Å². The van der Waals surface area contributed by atoms with Crippen molar-refractivity contribution in [2.24, 2.45) is 10.9 Å².